The van der Waals surface area contributed by atoms with E-state index in [0.29, 0.717) is 12.1 Å². The molecule has 1 aromatic carbocycles. The zero-order valence-electron chi connectivity index (χ0n) is 9.73. The first-order chi connectivity index (χ1) is 8.56. The number of halogens is 1. The van der Waals surface area contributed by atoms with E-state index in [4.69, 9.17) is 15.6 Å². The largest absolute Gasteiger partial charge is 0.486 e. The van der Waals surface area contributed by atoms with Gasteiger partial charge in [-0.15, -0.1) is 0 Å². The number of hydrogen-bond acceptors (Lipinski definition) is 3. The molecular formula is C12H15FN2O3. The molecule has 0 aromatic heterocycles. The molecule has 18 heavy (non-hydrogen) atoms. The molecule has 5 nitrogen and oxygen atoms in total. The number of anilines is 1. The van der Waals surface area contributed by atoms with Gasteiger partial charge in [0.1, 0.15) is 17.7 Å². The first-order valence-electron chi connectivity index (χ1n) is 5.77. The van der Waals surface area contributed by atoms with Crippen molar-refractivity contribution in [1.29, 1.82) is 0 Å². The standard InChI is InChI=1S/C12H15FN2O3/c13-7-4-5-8(14)11(6-7)18-10-3-1-2-9(10)15-12(16)17/h4-6,9-10,15H,1-3,14H2,(H,16,17)/t9-,10-/m0/s1. The van der Waals surface area contributed by atoms with Crippen molar-refractivity contribution in [1.82, 2.24) is 5.32 Å². The highest BCUT2D eigenvalue weighted by Gasteiger charge is 2.30. The number of carbonyl (C=O) groups is 1. The van der Waals surface area contributed by atoms with Crippen molar-refractivity contribution in [3.8, 4) is 5.75 Å². The molecule has 0 unspecified atom stereocenters. The predicted molar refractivity (Wildman–Crippen MR) is 64.0 cm³/mol. The molecular weight excluding hydrogens is 239 g/mol. The fourth-order valence-corrected chi connectivity index (χ4v) is 2.16. The van der Waals surface area contributed by atoms with Gasteiger partial charge in [0.05, 0.1) is 11.7 Å². The molecule has 1 aliphatic carbocycles. The van der Waals surface area contributed by atoms with Crippen LogP contribution in [0.15, 0.2) is 18.2 Å². The van der Waals surface area contributed by atoms with Gasteiger partial charge < -0.3 is 20.9 Å². The van der Waals surface area contributed by atoms with Crippen LogP contribution in [0.2, 0.25) is 0 Å². The van der Waals surface area contributed by atoms with E-state index in [1.807, 2.05) is 0 Å². The third kappa shape index (κ3) is 2.82. The predicted octanol–water partition coefficient (Wildman–Crippen LogP) is 1.98. The van der Waals surface area contributed by atoms with Crippen molar-refractivity contribution in [2.24, 2.45) is 0 Å². The van der Waals surface area contributed by atoms with Crippen LogP contribution in [0.4, 0.5) is 14.9 Å². The first kappa shape index (κ1) is 12.5. The third-order valence-corrected chi connectivity index (χ3v) is 3.02. The summed E-state index contributed by atoms with van der Waals surface area (Å²) < 4.78 is 18.7. The fraction of sp³-hybridized carbons (Fsp3) is 0.417. The number of carboxylic acid groups (broad SMARTS) is 1. The van der Waals surface area contributed by atoms with E-state index < -0.39 is 11.9 Å². The molecule has 0 bridgehead atoms. The van der Waals surface area contributed by atoms with Crippen LogP contribution in [0.1, 0.15) is 19.3 Å². The molecule has 98 valence electrons. The zero-order chi connectivity index (χ0) is 13.1. The summed E-state index contributed by atoms with van der Waals surface area (Å²) in [5.74, 6) is -0.168. The van der Waals surface area contributed by atoms with Crippen molar-refractivity contribution < 1.29 is 19.0 Å². The van der Waals surface area contributed by atoms with Crippen LogP contribution in [0.25, 0.3) is 0 Å². The molecule has 2 rings (SSSR count). The third-order valence-electron chi connectivity index (χ3n) is 3.02. The Morgan fingerprint density at radius 2 is 2.28 bits per heavy atom. The molecule has 6 heteroatoms. The maximum Gasteiger partial charge on any atom is 0.405 e. The lowest BCUT2D eigenvalue weighted by Crippen LogP contribution is -2.41. The van der Waals surface area contributed by atoms with Gasteiger partial charge in [0.2, 0.25) is 0 Å². The molecule has 1 amide bonds. The van der Waals surface area contributed by atoms with Gasteiger partial charge in [-0.3, -0.25) is 0 Å². The molecule has 2 atom stereocenters. The average molecular weight is 254 g/mol. The van der Waals surface area contributed by atoms with E-state index in [1.54, 1.807) is 0 Å². The van der Waals surface area contributed by atoms with Crippen LogP contribution in [0.3, 0.4) is 0 Å². The molecule has 0 spiro atoms. The highest BCUT2D eigenvalue weighted by Crippen LogP contribution is 2.29. The molecule has 0 aliphatic heterocycles. The SMILES string of the molecule is Nc1ccc(F)cc1O[C@H]1CCC[C@@H]1NC(=O)O. The minimum absolute atomic E-state index is 0.263. The Kier molecular flexibility index (Phi) is 3.55. The van der Waals surface area contributed by atoms with Crippen LogP contribution >= 0.6 is 0 Å². The number of hydrogen-bond donors (Lipinski definition) is 3. The summed E-state index contributed by atoms with van der Waals surface area (Å²) in [4.78, 5) is 10.6. The summed E-state index contributed by atoms with van der Waals surface area (Å²) in [7, 11) is 0. The Morgan fingerprint density at radius 3 is 3.00 bits per heavy atom. The fourth-order valence-electron chi connectivity index (χ4n) is 2.16. The Hall–Kier alpha value is -1.98. The van der Waals surface area contributed by atoms with Crippen LogP contribution in [0.5, 0.6) is 5.75 Å². The Bertz CT molecular complexity index is 453. The number of nitrogens with one attached hydrogen (secondary N) is 1. The molecule has 1 fully saturated rings. The van der Waals surface area contributed by atoms with Crippen molar-refractivity contribution in [2.45, 2.75) is 31.4 Å². The van der Waals surface area contributed by atoms with Crippen LogP contribution in [0, 0.1) is 5.82 Å². The number of nitrogen functional groups attached to an aromatic ring is 1. The summed E-state index contributed by atoms with van der Waals surface area (Å²) in [6, 6.07) is 3.62. The summed E-state index contributed by atoms with van der Waals surface area (Å²) >= 11 is 0. The number of ether oxygens (including phenoxy) is 1. The summed E-state index contributed by atoms with van der Waals surface area (Å²) in [6.07, 6.45) is 0.922. The Morgan fingerprint density at radius 1 is 1.50 bits per heavy atom. The van der Waals surface area contributed by atoms with Gasteiger partial charge in [-0.25, -0.2) is 9.18 Å². The first-order valence-corrected chi connectivity index (χ1v) is 5.77. The van der Waals surface area contributed by atoms with Gasteiger partial charge in [0.25, 0.3) is 0 Å². The van der Waals surface area contributed by atoms with Crippen molar-refractivity contribution in [3.63, 3.8) is 0 Å². The van der Waals surface area contributed by atoms with E-state index >= 15 is 0 Å². The molecule has 1 aromatic rings. The second-order valence-electron chi connectivity index (χ2n) is 4.33. The van der Waals surface area contributed by atoms with Crippen molar-refractivity contribution in [2.75, 3.05) is 5.73 Å². The highest BCUT2D eigenvalue weighted by molar-refractivity contribution is 5.65. The van der Waals surface area contributed by atoms with E-state index in [2.05, 4.69) is 5.32 Å². The molecule has 4 N–H and O–H groups in total. The lowest BCUT2D eigenvalue weighted by Gasteiger charge is -2.21. The smallest absolute Gasteiger partial charge is 0.405 e. The van der Waals surface area contributed by atoms with Gasteiger partial charge in [-0.05, 0) is 31.4 Å². The lowest BCUT2D eigenvalue weighted by atomic mass is 10.2. The normalized spacial score (nSPS) is 22.7. The van der Waals surface area contributed by atoms with E-state index in [-0.39, 0.29) is 17.9 Å². The minimum Gasteiger partial charge on any atom is -0.486 e. The number of amides is 1. The zero-order valence-corrected chi connectivity index (χ0v) is 9.73. The van der Waals surface area contributed by atoms with Gasteiger partial charge in [-0.2, -0.15) is 0 Å². The molecule has 0 radical (unpaired) electrons. The summed E-state index contributed by atoms with van der Waals surface area (Å²) in [6.45, 7) is 0. The van der Waals surface area contributed by atoms with Crippen LogP contribution < -0.4 is 15.8 Å². The van der Waals surface area contributed by atoms with E-state index in [0.717, 1.165) is 12.8 Å². The lowest BCUT2D eigenvalue weighted by molar-refractivity contribution is 0.155. The Balaban J connectivity index is 2.08. The number of rotatable bonds is 3. The molecule has 1 aliphatic rings. The van der Waals surface area contributed by atoms with Crippen molar-refractivity contribution in [3.05, 3.63) is 24.0 Å². The number of nitrogens with two attached hydrogens (primary N) is 1. The van der Waals surface area contributed by atoms with Gasteiger partial charge in [0.15, 0.2) is 0 Å². The van der Waals surface area contributed by atoms with Gasteiger partial charge >= 0.3 is 6.09 Å². The van der Waals surface area contributed by atoms with Gasteiger partial charge in [-0.1, -0.05) is 0 Å². The summed E-state index contributed by atoms with van der Waals surface area (Å²) in [5.41, 5.74) is 6.03. The maximum absolute atomic E-state index is 13.1. The Labute approximate surface area is 104 Å². The van der Waals surface area contributed by atoms with Crippen molar-refractivity contribution >= 4 is 11.8 Å². The minimum atomic E-state index is -1.08. The maximum atomic E-state index is 13.1. The topological polar surface area (TPSA) is 84.6 Å². The quantitative estimate of drug-likeness (QED) is 0.720. The van der Waals surface area contributed by atoms with E-state index in [1.165, 1.54) is 18.2 Å². The van der Waals surface area contributed by atoms with Crippen LogP contribution in [-0.4, -0.2) is 23.3 Å². The second-order valence-corrected chi connectivity index (χ2v) is 4.33. The molecule has 0 saturated heterocycles. The van der Waals surface area contributed by atoms with Crippen LogP contribution in [-0.2, 0) is 0 Å². The summed E-state index contributed by atoms with van der Waals surface area (Å²) in [5, 5.41) is 11.1. The average Bonchev–Trinajstić information content (AvgIpc) is 2.70. The number of benzene rings is 1. The molecule has 0 heterocycles. The highest BCUT2D eigenvalue weighted by atomic mass is 19.1. The van der Waals surface area contributed by atoms with E-state index in [9.17, 15) is 9.18 Å². The molecule has 1 saturated carbocycles. The monoisotopic (exact) mass is 254 g/mol. The van der Waals surface area contributed by atoms with Gasteiger partial charge in [0, 0.05) is 6.07 Å². The second kappa shape index (κ2) is 5.12.